The quantitative estimate of drug-likeness (QED) is 0.597. The Kier molecular flexibility index (Phi) is 4.04. The summed E-state index contributed by atoms with van der Waals surface area (Å²) in [6.07, 6.45) is 0.0394. The number of rotatable bonds is 3. The van der Waals surface area contributed by atoms with E-state index in [4.69, 9.17) is 20.3 Å². The number of carbonyl (C=O) groups is 1. The second-order valence-corrected chi connectivity index (χ2v) is 7.22. The van der Waals surface area contributed by atoms with Crippen molar-refractivity contribution in [2.45, 2.75) is 18.6 Å². The fraction of sp³-hybridized carbons (Fsp3) is 0.174. The van der Waals surface area contributed by atoms with Gasteiger partial charge in [-0.25, -0.2) is 0 Å². The normalized spacial score (nSPS) is 18.5. The molecule has 6 nitrogen and oxygen atoms in total. The highest BCUT2D eigenvalue weighted by atomic mass is 16.5. The predicted octanol–water partition coefficient (Wildman–Crippen LogP) is 3.52. The molecule has 3 aromatic rings. The first-order chi connectivity index (χ1) is 14.1. The standard InChI is InChI=1S/C23H20N2O4/c24-15-5-7-18-20(11-15)29-21-12-16(25-22(27)9-10-26)6-8-19(21)23(18)17-4-2-1-3-14(17)13-28-23/h1-8,11-12,26H,9-10,13,24H2,(H,25,27). The smallest absolute Gasteiger partial charge is 0.226 e. The fourth-order valence-electron chi connectivity index (χ4n) is 4.18. The Hall–Kier alpha value is -3.35. The molecule has 0 aliphatic carbocycles. The van der Waals surface area contributed by atoms with Gasteiger partial charge in [0.1, 0.15) is 11.5 Å². The summed E-state index contributed by atoms with van der Waals surface area (Å²) in [6, 6.07) is 19.3. The van der Waals surface area contributed by atoms with Crippen LogP contribution in [0, 0.1) is 0 Å². The molecule has 1 amide bonds. The topological polar surface area (TPSA) is 93.8 Å². The summed E-state index contributed by atoms with van der Waals surface area (Å²) in [4.78, 5) is 11.9. The molecule has 0 radical (unpaired) electrons. The SMILES string of the molecule is Nc1ccc2c(c1)Oc1cc(NC(=O)CCO)ccc1C21OCc2ccccc21. The molecule has 29 heavy (non-hydrogen) atoms. The summed E-state index contributed by atoms with van der Waals surface area (Å²) >= 11 is 0. The number of fused-ring (bicyclic) bond motifs is 6. The predicted molar refractivity (Wildman–Crippen MR) is 109 cm³/mol. The molecule has 0 fully saturated rings. The number of hydrogen-bond acceptors (Lipinski definition) is 5. The van der Waals surface area contributed by atoms with Crippen LogP contribution in [0.25, 0.3) is 0 Å². The van der Waals surface area contributed by atoms with Gasteiger partial charge in [-0.2, -0.15) is 0 Å². The van der Waals surface area contributed by atoms with Crippen molar-refractivity contribution < 1.29 is 19.4 Å². The Morgan fingerprint density at radius 1 is 1.03 bits per heavy atom. The van der Waals surface area contributed by atoms with Crippen molar-refractivity contribution >= 4 is 17.3 Å². The van der Waals surface area contributed by atoms with E-state index in [2.05, 4.69) is 17.4 Å². The van der Waals surface area contributed by atoms with Crippen molar-refractivity contribution in [2.24, 2.45) is 0 Å². The number of aliphatic hydroxyl groups is 1. The lowest BCUT2D eigenvalue weighted by Crippen LogP contribution is -2.32. The minimum atomic E-state index is -0.791. The average molecular weight is 388 g/mol. The Morgan fingerprint density at radius 2 is 1.79 bits per heavy atom. The second kappa shape index (κ2) is 6.62. The van der Waals surface area contributed by atoms with Crippen LogP contribution in [-0.2, 0) is 21.7 Å². The van der Waals surface area contributed by atoms with Gasteiger partial charge in [-0.3, -0.25) is 4.79 Å². The number of amides is 1. The first-order valence-corrected chi connectivity index (χ1v) is 9.47. The van der Waals surface area contributed by atoms with Crippen LogP contribution in [0.3, 0.4) is 0 Å². The van der Waals surface area contributed by atoms with E-state index in [-0.39, 0.29) is 18.9 Å². The number of nitrogens with two attached hydrogens (primary N) is 1. The van der Waals surface area contributed by atoms with Crippen LogP contribution in [0.2, 0.25) is 0 Å². The van der Waals surface area contributed by atoms with Crippen LogP contribution in [0.5, 0.6) is 11.5 Å². The number of aliphatic hydroxyl groups excluding tert-OH is 1. The van der Waals surface area contributed by atoms with Gasteiger partial charge in [-0.15, -0.1) is 0 Å². The number of nitrogen functional groups attached to an aromatic ring is 1. The number of nitrogens with one attached hydrogen (secondary N) is 1. The van der Waals surface area contributed by atoms with E-state index in [0.717, 1.165) is 22.3 Å². The van der Waals surface area contributed by atoms with Gasteiger partial charge < -0.3 is 25.6 Å². The lowest BCUT2D eigenvalue weighted by Gasteiger charge is -2.37. The van der Waals surface area contributed by atoms with Crippen molar-refractivity contribution in [3.63, 3.8) is 0 Å². The third kappa shape index (κ3) is 2.68. The molecule has 0 saturated heterocycles. The molecule has 2 aliphatic heterocycles. The van der Waals surface area contributed by atoms with Crippen molar-refractivity contribution in [3.05, 3.63) is 82.9 Å². The second-order valence-electron chi connectivity index (χ2n) is 7.22. The maximum Gasteiger partial charge on any atom is 0.226 e. The van der Waals surface area contributed by atoms with Gasteiger partial charge in [-0.1, -0.05) is 24.3 Å². The van der Waals surface area contributed by atoms with E-state index in [9.17, 15) is 4.79 Å². The summed E-state index contributed by atoms with van der Waals surface area (Å²) in [5.41, 5.74) is 10.4. The van der Waals surface area contributed by atoms with Gasteiger partial charge in [0, 0.05) is 34.6 Å². The largest absolute Gasteiger partial charge is 0.456 e. The zero-order valence-electron chi connectivity index (χ0n) is 15.6. The molecule has 0 aromatic heterocycles. The van der Waals surface area contributed by atoms with Gasteiger partial charge in [0.25, 0.3) is 0 Å². The number of carbonyl (C=O) groups excluding carboxylic acids is 1. The molecule has 1 unspecified atom stereocenters. The Labute approximate surface area is 167 Å². The summed E-state index contributed by atoms with van der Waals surface area (Å²) in [5.74, 6) is 0.972. The number of hydrogen-bond donors (Lipinski definition) is 3. The van der Waals surface area contributed by atoms with Crippen LogP contribution in [0.1, 0.15) is 28.7 Å². The zero-order valence-corrected chi connectivity index (χ0v) is 15.6. The Morgan fingerprint density at radius 3 is 2.62 bits per heavy atom. The van der Waals surface area contributed by atoms with Crippen molar-refractivity contribution in [1.82, 2.24) is 0 Å². The number of anilines is 2. The average Bonchev–Trinajstić information content (AvgIpc) is 3.08. The van der Waals surface area contributed by atoms with Gasteiger partial charge in [-0.05, 0) is 35.4 Å². The van der Waals surface area contributed by atoms with Crippen molar-refractivity contribution in [3.8, 4) is 11.5 Å². The third-order valence-corrected chi connectivity index (χ3v) is 5.43. The van der Waals surface area contributed by atoms with E-state index in [1.807, 2.05) is 36.4 Å². The number of ether oxygens (including phenoxy) is 2. The minimum Gasteiger partial charge on any atom is -0.456 e. The van der Waals surface area contributed by atoms with Gasteiger partial charge in [0.15, 0.2) is 5.60 Å². The first-order valence-electron chi connectivity index (χ1n) is 9.47. The van der Waals surface area contributed by atoms with Crippen molar-refractivity contribution in [2.75, 3.05) is 17.7 Å². The summed E-state index contributed by atoms with van der Waals surface area (Å²) in [6.45, 7) is 0.294. The lowest BCUT2D eigenvalue weighted by atomic mass is 9.77. The summed E-state index contributed by atoms with van der Waals surface area (Å²) < 4.78 is 12.6. The van der Waals surface area contributed by atoms with E-state index in [1.165, 1.54) is 0 Å². The molecule has 4 N–H and O–H groups in total. The van der Waals surface area contributed by atoms with Crippen LogP contribution >= 0.6 is 0 Å². The maximum atomic E-state index is 11.9. The Balaban J connectivity index is 1.69. The molecule has 1 atom stereocenters. The molecule has 0 saturated carbocycles. The van der Waals surface area contributed by atoms with E-state index >= 15 is 0 Å². The molecule has 2 heterocycles. The molecule has 6 heteroatoms. The summed E-state index contributed by atoms with van der Waals surface area (Å²) in [5, 5.41) is 11.7. The van der Waals surface area contributed by atoms with E-state index in [0.29, 0.717) is 29.5 Å². The van der Waals surface area contributed by atoms with Crippen molar-refractivity contribution in [1.29, 1.82) is 0 Å². The van der Waals surface area contributed by atoms with Crippen LogP contribution in [0.4, 0.5) is 11.4 Å². The van der Waals surface area contributed by atoms with Crippen LogP contribution in [0.15, 0.2) is 60.7 Å². The minimum absolute atomic E-state index is 0.0394. The molecular formula is C23H20N2O4. The molecule has 3 aromatic carbocycles. The van der Waals surface area contributed by atoms with Crippen LogP contribution in [-0.4, -0.2) is 17.6 Å². The van der Waals surface area contributed by atoms with Crippen LogP contribution < -0.4 is 15.8 Å². The molecule has 1 spiro atoms. The highest BCUT2D eigenvalue weighted by Gasteiger charge is 2.49. The van der Waals surface area contributed by atoms with Gasteiger partial charge >= 0.3 is 0 Å². The zero-order chi connectivity index (χ0) is 20.0. The molecule has 0 bridgehead atoms. The monoisotopic (exact) mass is 388 g/mol. The third-order valence-electron chi connectivity index (χ3n) is 5.43. The maximum absolute atomic E-state index is 11.9. The van der Waals surface area contributed by atoms with E-state index < -0.39 is 5.60 Å². The van der Waals surface area contributed by atoms with Gasteiger partial charge in [0.2, 0.25) is 5.91 Å². The first kappa shape index (κ1) is 17.7. The molecule has 5 rings (SSSR count). The van der Waals surface area contributed by atoms with E-state index in [1.54, 1.807) is 12.1 Å². The van der Waals surface area contributed by atoms with Gasteiger partial charge in [0.05, 0.1) is 19.6 Å². The fourth-order valence-corrected chi connectivity index (χ4v) is 4.18. The summed E-state index contributed by atoms with van der Waals surface area (Å²) in [7, 11) is 0. The molecular weight excluding hydrogens is 368 g/mol. The lowest BCUT2D eigenvalue weighted by molar-refractivity contribution is -0.116. The molecule has 2 aliphatic rings. The highest BCUT2D eigenvalue weighted by Crippen LogP contribution is 2.56. The molecule has 146 valence electrons. The highest BCUT2D eigenvalue weighted by molar-refractivity contribution is 5.91. The Bertz CT molecular complexity index is 1130. The number of benzene rings is 3.